The highest BCUT2D eigenvalue weighted by Gasteiger charge is 2.35. The topological polar surface area (TPSA) is 73.9 Å². The molecule has 7 nitrogen and oxygen atoms in total. The van der Waals surface area contributed by atoms with Crippen LogP contribution >= 0.6 is 0 Å². The van der Waals surface area contributed by atoms with Crippen molar-refractivity contribution in [3.05, 3.63) is 47.2 Å². The van der Waals surface area contributed by atoms with E-state index in [2.05, 4.69) is 20.4 Å². The number of piperidine rings is 2. The molecule has 1 atom stereocenters. The molecule has 7 heteroatoms. The predicted octanol–water partition coefficient (Wildman–Crippen LogP) is 2.81. The van der Waals surface area contributed by atoms with Gasteiger partial charge in [-0.25, -0.2) is 9.59 Å². The number of ether oxygens (including phenoxy) is 1. The lowest BCUT2D eigenvalue weighted by Crippen LogP contribution is -2.51. The van der Waals surface area contributed by atoms with Crippen LogP contribution in [0.25, 0.3) is 0 Å². The lowest BCUT2D eigenvalue weighted by atomic mass is 9.94. The Morgan fingerprint density at radius 3 is 2.45 bits per heavy atom. The van der Waals surface area contributed by atoms with Crippen LogP contribution in [0, 0.1) is 0 Å². The van der Waals surface area contributed by atoms with Gasteiger partial charge >= 0.3 is 12.0 Å². The molecule has 0 saturated carbocycles. The number of esters is 1. The monoisotopic (exact) mass is 426 g/mol. The smallest absolute Gasteiger partial charge is 0.338 e. The molecule has 1 aromatic carbocycles. The fourth-order valence-electron chi connectivity index (χ4n) is 5.04. The summed E-state index contributed by atoms with van der Waals surface area (Å²) in [6.45, 7) is 7.05. The molecular formula is C24H34N4O3. The zero-order valence-electron chi connectivity index (χ0n) is 18.4. The number of benzene rings is 1. The quantitative estimate of drug-likeness (QED) is 0.685. The van der Waals surface area contributed by atoms with Gasteiger partial charge in [0.15, 0.2) is 0 Å². The van der Waals surface area contributed by atoms with E-state index in [0.717, 1.165) is 31.5 Å². The van der Waals surface area contributed by atoms with Gasteiger partial charge in [0.25, 0.3) is 0 Å². The molecule has 168 valence electrons. The molecule has 0 aliphatic carbocycles. The number of hydrogen-bond donors (Lipinski definition) is 2. The van der Waals surface area contributed by atoms with E-state index in [1.165, 1.54) is 32.4 Å². The third-order valence-electron chi connectivity index (χ3n) is 6.63. The first-order valence-corrected chi connectivity index (χ1v) is 11.6. The van der Waals surface area contributed by atoms with Crippen molar-refractivity contribution < 1.29 is 14.3 Å². The average Bonchev–Trinajstić information content (AvgIpc) is 2.80. The van der Waals surface area contributed by atoms with Crippen molar-refractivity contribution in [3.63, 3.8) is 0 Å². The second kappa shape index (κ2) is 10.3. The molecule has 3 heterocycles. The molecular weight excluding hydrogens is 392 g/mol. The zero-order chi connectivity index (χ0) is 21.6. The normalized spacial score (nSPS) is 23.9. The van der Waals surface area contributed by atoms with Crippen LogP contribution in [0.15, 0.2) is 41.6 Å². The van der Waals surface area contributed by atoms with Crippen LogP contribution in [-0.4, -0.2) is 67.2 Å². The van der Waals surface area contributed by atoms with Crippen molar-refractivity contribution in [1.29, 1.82) is 0 Å². The molecule has 0 bridgehead atoms. The fraction of sp³-hybridized carbons (Fsp3) is 0.583. The van der Waals surface area contributed by atoms with E-state index in [0.29, 0.717) is 30.5 Å². The third-order valence-corrected chi connectivity index (χ3v) is 6.63. The first kappa shape index (κ1) is 21.8. The molecule has 2 fully saturated rings. The second-order valence-electron chi connectivity index (χ2n) is 8.66. The van der Waals surface area contributed by atoms with Crippen LogP contribution in [0.4, 0.5) is 4.79 Å². The molecule has 2 amide bonds. The van der Waals surface area contributed by atoms with E-state index in [-0.39, 0.29) is 12.0 Å². The summed E-state index contributed by atoms with van der Waals surface area (Å²) in [7, 11) is 0. The maximum Gasteiger partial charge on any atom is 0.338 e. The van der Waals surface area contributed by atoms with Crippen molar-refractivity contribution in [3.8, 4) is 0 Å². The van der Waals surface area contributed by atoms with Crippen molar-refractivity contribution in [2.45, 2.75) is 51.1 Å². The summed E-state index contributed by atoms with van der Waals surface area (Å²) in [5.41, 5.74) is 2.04. The SMILES string of the molecule is CCOC(=O)C1=C(CN2CCC(N3CCCCC3)CC2)NC(=O)N[C@H]1c1ccccc1. The molecule has 0 unspecified atom stereocenters. The number of urea groups is 1. The largest absolute Gasteiger partial charge is 0.463 e. The molecule has 3 aliphatic heterocycles. The Hall–Kier alpha value is -2.38. The fourth-order valence-corrected chi connectivity index (χ4v) is 5.04. The molecule has 3 aliphatic rings. The number of carbonyl (C=O) groups is 2. The van der Waals surface area contributed by atoms with Gasteiger partial charge in [-0.05, 0) is 51.3 Å². The lowest BCUT2D eigenvalue weighted by Gasteiger charge is -2.41. The summed E-state index contributed by atoms with van der Waals surface area (Å²) in [6.07, 6.45) is 6.26. The Kier molecular flexibility index (Phi) is 7.25. The molecule has 2 saturated heterocycles. The van der Waals surface area contributed by atoms with E-state index in [9.17, 15) is 9.59 Å². The van der Waals surface area contributed by atoms with Crippen molar-refractivity contribution >= 4 is 12.0 Å². The summed E-state index contributed by atoms with van der Waals surface area (Å²) in [5.74, 6) is -0.373. The van der Waals surface area contributed by atoms with E-state index in [1.807, 2.05) is 30.3 Å². The number of nitrogens with one attached hydrogen (secondary N) is 2. The highest BCUT2D eigenvalue weighted by molar-refractivity contribution is 5.95. The average molecular weight is 427 g/mol. The minimum atomic E-state index is -0.505. The number of likely N-dealkylation sites (tertiary alicyclic amines) is 2. The van der Waals surface area contributed by atoms with Crippen LogP contribution < -0.4 is 10.6 Å². The number of carbonyl (C=O) groups excluding carboxylic acids is 2. The Bertz CT molecular complexity index is 796. The van der Waals surface area contributed by atoms with Crippen molar-refractivity contribution in [1.82, 2.24) is 20.4 Å². The van der Waals surface area contributed by atoms with Crippen LogP contribution in [0.3, 0.4) is 0 Å². The summed E-state index contributed by atoms with van der Waals surface area (Å²) < 4.78 is 5.37. The van der Waals surface area contributed by atoms with Gasteiger partial charge in [-0.15, -0.1) is 0 Å². The molecule has 31 heavy (non-hydrogen) atoms. The second-order valence-corrected chi connectivity index (χ2v) is 8.66. The van der Waals surface area contributed by atoms with Gasteiger partial charge in [0, 0.05) is 31.4 Å². The van der Waals surface area contributed by atoms with Gasteiger partial charge in [-0.3, -0.25) is 4.90 Å². The van der Waals surface area contributed by atoms with Gasteiger partial charge in [0.2, 0.25) is 0 Å². The van der Waals surface area contributed by atoms with Crippen LogP contribution in [0.5, 0.6) is 0 Å². The molecule has 4 rings (SSSR count). The van der Waals surface area contributed by atoms with Crippen molar-refractivity contribution in [2.75, 3.05) is 39.3 Å². The summed E-state index contributed by atoms with van der Waals surface area (Å²) in [4.78, 5) is 30.4. The first-order valence-electron chi connectivity index (χ1n) is 11.6. The van der Waals surface area contributed by atoms with Gasteiger partial charge < -0.3 is 20.3 Å². The van der Waals surface area contributed by atoms with Gasteiger partial charge in [0.1, 0.15) is 0 Å². The molecule has 2 N–H and O–H groups in total. The minimum absolute atomic E-state index is 0.278. The number of nitrogens with zero attached hydrogens (tertiary/aromatic N) is 2. The highest BCUT2D eigenvalue weighted by atomic mass is 16.5. The molecule has 0 radical (unpaired) electrons. The molecule has 1 aromatic rings. The summed E-state index contributed by atoms with van der Waals surface area (Å²) >= 11 is 0. The maximum absolute atomic E-state index is 12.9. The van der Waals surface area contributed by atoms with Gasteiger partial charge in [-0.1, -0.05) is 36.8 Å². The Morgan fingerprint density at radius 1 is 1.06 bits per heavy atom. The lowest BCUT2D eigenvalue weighted by molar-refractivity contribution is -0.139. The zero-order valence-corrected chi connectivity index (χ0v) is 18.4. The minimum Gasteiger partial charge on any atom is -0.463 e. The maximum atomic E-state index is 12.9. The van der Waals surface area contributed by atoms with Gasteiger partial charge in [-0.2, -0.15) is 0 Å². The van der Waals surface area contributed by atoms with E-state index < -0.39 is 6.04 Å². The molecule has 0 aromatic heterocycles. The first-order chi connectivity index (χ1) is 15.2. The van der Waals surface area contributed by atoms with Crippen LogP contribution in [-0.2, 0) is 9.53 Å². The molecule has 0 spiro atoms. The van der Waals surface area contributed by atoms with E-state index in [4.69, 9.17) is 4.74 Å². The number of hydrogen-bond acceptors (Lipinski definition) is 5. The number of rotatable bonds is 6. The Morgan fingerprint density at radius 2 is 1.77 bits per heavy atom. The summed E-state index contributed by atoms with van der Waals surface area (Å²) in [6, 6.07) is 9.49. The Balaban J connectivity index is 1.50. The van der Waals surface area contributed by atoms with E-state index in [1.54, 1.807) is 6.92 Å². The highest BCUT2D eigenvalue weighted by Crippen LogP contribution is 2.29. The number of amides is 2. The standard InChI is InChI=1S/C24H34N4O3/c1-2-31-23(29)21-20(25-24(30)26-22(21)18-9-5-3-6-10-18)17-27-15-11-19(12-16-27)28-13-7-4-8-14-28/h3,5-6,9-10,19,22H,2,4,7-8,11-17H2,1H3,(H2,25,26,30)/t22-/m0/s1. The Labute approximate surface area is 184 Å². The predicted molar refractivity (Wildman–Crippen MR) is 119 cm³/mol. The van der Waals surface area contributed by atoms with Gasteiger partial charge in [0.05, 0.1) is 18.2 Å². The third kappa shape index (κ3) is 5.28. The summed E-state index contributed by atoms with van der Waals surface area (Å²) in [5, 5.41) is 5.81. The van der Waals surface area contributed by atoms with Crippen LogP contribution in [0.2, 0.25) is 0 Å². The van der Waals surface area contributed by atoms with Crippen LogP contribution in [0.1, 0.15) is 50.6 Å². The van der Waals surface area contributed by atoms with Crippen molar-refractivity contribution in [2.24, 2.45) is 0 Å². The van der Waals surface area contributed by atoms with E-state index >= 15 is 0 Å².